The van der Waals surface area contributed by atoms with E-state index in [-0.39, 0.29) is 12.2 Å². The van der Waals surface area contributed by atoms with Crippen molar-refractivity contribution in [1.29, 1.82) is 0 Å². The van der Waals surface area contributed by atoms with Gasteiger partial charge in [0.1, 0.15) is 6.10 Å². The molecule has 114 valence electrons. The number of carbonyl (C=O) groups is 1. The first-order chi connectivity index (χ1) is 8.65. The molecule has 0 aromatic heterocycles. The third kappa shape index (κ3) is 7.44. The topological polar surface area (TPSA) is 29.5 Å². The number of carbonyl (C=O) groups excluding carboxylic acids is 1. The molecule has 0 fully saturated rings. The van der Waals surface area contributed by atoms with Gasteiger partial charge >= 0.3 is 6.09 Å². The predicted molar refractivity (Wildman–Crippen MR) is 81.2 cm³/mol. The van der Waals surface area contributed by atoms with Gasteiger partial charge in [-0.15, -0.1) is 0 Å². The number of hydrogen-bond acceptors (Lipinski definition) is 2. The van der Waals surface area contributed by atoms with Gasteiger partial charge in [-0.3, -0.25) is 0 Å². The summed E-state index contributed by atoms with van der Waals surface area (Å²) in [6.07, 6.45) is -0.163. The van der Waals surface area contributed by atoms with Gasteiger partial charge in [0.05, 0.1) is 0 Å². The Morgan fingerprint density at radius 3 is 1.47 bits per heavy atom. The fourth-order valence-electron chi connectivity index (χ4n) is 2.34. The van der Waals surface area contributed by atoms with Crippen molar-refractivity contribution < 1.29 is 9.53 Å². The monoisotopic (exact) mass is 271 g/mol. The summed E-state index contributed by atoms with van der Waals surface area (Å²) in [5.41, 5.74) is 0. The van der Waals surface area contributed by atoms with Gasteiger partial charge in [0.2, 0.25) is 0 Å². The van der Waals surface area contributed by atoms with E-state index in [1.807, 2.05) is 4.90 Å². The van der Waals surface area contributed by atoms with Gasteiger partial charge in [-0.25, -0.2) is 4.79 Å². The first kappa shape index (κ1) is 18.3. The van der Waals surface area contributed by atoms with Crippen molar-refractivity contribution in [2.75, 3.05) is 13.1 Å². The van der Waals surface area contributed by atoms with Crippen molar-refractivity contribution >= 4 is 6.09 Å². The van der Waals surface area contributed by atoms with Crippen molar-refractivity contribution in [3.63, 3.8) is 0 Å². The Kier molecular flexibility index (Phi) is 8.12. The Labute approximate surface area is 119 Å². The lowest BCUT2D eigenvalue weighted by atomic mass is 9.96. The molecular weight excluding hydrogens is 238 g/mol. The fourth-order valence-corrected chi connectivity index (χ4v) is 2.34. The van der Waals surface area contributed by atoms with E-state index in [0.717, 1.165) is 13.1 Å². The zero-order valence-electron chi connectivity index (χ0n) is 14.1. The van der Waals surface area contributed by atoms with Crippen molar-refractivity contribution in [1.82, 2.24) is 4.90 Å². The first-order valence-electron chi connectivity index (χ1n) is 7.60. The lowest BCUT2D eigenvalue weighted by Crippen LogP contribution is -2.41. The van der Waals surface area contributed by atoms with E-state index in [1.54, 1.807) is 0 Å². The fraction of sp³-hybridized carbons (Fsp3) is 0.938. The van der Waals surface area contributed by atoms with Crippen LogP contribution in [0.4, 0.5) is 4.79 Å². The van der Waals surface area contributed by atoms with Crippen molar-refractivity contribution in [3.05, 3.63) is 0 Å². The molecule has 0 aliphatic carbocycles. The van der Waals surface area contributed by atoms with E-state index < -0.39 is 0 Å². The Bertz CT molecular complexity index is 241. The number of ether oxygens (including phenoxy) is 1. The first-order valence-corrected chi connectivity index (χ1v) is 7.60. The molecule has 1 amide bonds. The zero-order valence-corrected chi connectivity index (χ0v) is 14.1. The van der Waals surface area contributed by atoms with Crippen LogP contribution in [0.5, 0.6) is 0 Å². The quantitative estimate of drug-likeness (QED) is 0.686. The third-order valence-electron chi connectivity index (χ3n) is 2.98. The van der Waals surface area contributed by atoms with Crippen LogP contribution in [0.3, 0.4) is 0 Å². The van der Waals surface area contributed by atoms with Gasteiger partial charge in [0, 0.05) is 13.1 Å². The molecule has 0 aromatic rings. The van der Waals surface area contributed by atoms with Crippen molar-refractivity contribution in [3.8, 4) is 0 Å². The van der Waals surface area contributed by atoms with Crippen molar-refractivity contribution in [2.45, 2.75) is 61.5 Å². The average molecular weight is 271 g/mol. The Hall–Kier alpha value is -0.730. The van der Waals surface area contributed by atoms with Crippen LogP contribution in [0, 0.1) is 23.7 Å². The SMILES string of the molecule is CC(C)CN(CC(C)C)C(=O)OC(C(C)C)C(C)C. The maximum absolute atomic E-state index is 12.3. The molecule has 3 nitrogen and oxygen atoms in total. The minimum Gasteiger partial charge on any atom is -0.446 e. The molecule has 19 heavy (non-hydrogen) atoms. The van der Waals surface area contributed by atoms with E-state index in [2.05, 4.69) is 55.4 Å². The maximum atomic E-state index is 12.3. The highest BCUT2D eigenvalue weighted by atomic mass is 16.6. The second-order valence-electron chi connectivity index (χ2n) is 7.03. The minimum absolute atomic E-state index is 0.00526. The lowest BCUT2D eigenvalue weighted by molar-refractivity contribution is 0.0147. The highest BCUT2D eigenvalue weighted by Gasteiger charge is 2.25. The summed E-state index contributed by atoms with van der Waals surface area (Å²) in [6.45, 7) is 18.5. The van der Waals surface area contributed by atoms with Crippen LogP contribution in [-0.2, 0) is 4.74 Å². The molecule has 0 aliphatic heterocycles. The standard InChI is InChI=1S/C16H33NO2/c1-11(2)9-17(10-12(3)4)16(18)19-15(13(5)6)14(7)8/h11-15H,9-10H2,1-8H3. The highest BCUT2D eigenvalue weighted by Crippen LogP contribution is 2.18. The normalized spacial score (nSPS) is 12.1. The number of hydrogen-bond donors (Lipinski definition) is 0. The molecule has 0 bridgehead atoms. The van der Waals surface area contributed by atoms with Crippen LogP contribution in [0.2, 0.25) is 0 Å². The van der Waals surface area contributed by atoms with E-state index in [0.29, 0.717) is 23.7 Å². The summed E-state index contributed by atoms with van der Waals surface area (Å²) in [5, 5.41) is 0. The number of amides is 1. The van der Waals surface area contributed by atoms with Crippen LogP contribution < -0.4 is 0 Å². The van der Waals surface area contributed by atoms with E-state index >= 15 is 0 Å². The molecular formula is C16H33NO2. The highest BCUT2D eigenvalue weighted by molar-refractivity contribution is 5.67. The second kappa shape index (κ2) is 8.44. The molecule has 3 heteroatoms. The van der Waals surface area contributed by atoms with Gasteiger partial charge in [-0.2, -0.15) is 0 Å². The molecule has 0 rings (SSSR count). The lowest BCUT2D eigenvalue weighted by Gasteiger charge is -2.31. The molecule has 0 atom stereocenters. The van der Waals surface area contributed by atoms with Crippen LogP contribution in [0.15, 0.2) is 0 Å². The largest absolute Gasteiger partial charge is 0.446 e. The molecule has 0 N–H and O–H groups in total. The van der Waals surface area contributed by atoms with E-state index in [9.17, 15) is 4.79 Å². The minimum atomic E-state index is -0.158. The summed E-state index contributed by atoms with van der Waals surface area (Å²) >= 11 is 0. The summed E-state index contributed by atoms with van der Waals surface area (Å²) in [4.78, 5) is 14.2. The predicted octanol–water partition coefficient (Wildman–Crippen LogP) is 4.42. The Morgan fingerprint density at radius 2 is 1.21 bits per heavy atom. The Morgan fingerprint density at radius 1 is 0.842 bits per heavy atom. The van der Waals surface area contributed by atoms with Gasteiger partial charge < -0.3 is 9.64 Å². The van der Waals surface area contributed by atoms with Crippen LogP contribution in [-0.4, -0.2) is 30.2 Å². The van der Waals surface area contributed by atoms with Gasteiger partial charge in [0.25, 0.3) is 0 Å². The molecule has 0 spiro atoms. The van der Waals surface area contributed by atoms with E-state index in [1.165, 1.54) is 0 Å². The zero-order chi connectivity index (χ0) is 15.2. The summed E-state index contributed by atoms with van der Waals surface area (Å²) in [7, 11) is 0. The maximum Gasteiger partial charge on any atom is 0.410 e. The molecule has 0 saturated heterocycles. The second-order valence-corrected chi connectivity index (χ2v) is 7.03. The third-order valence-corrected chi connectivity index (χ3v) is 2.98. The van der Waals surface area contributed by atoms with Crippen LogP contribution in [0.1, 0.15) is 55.4 Å². The molecule has 0 heterocycles. The van der Waals surface area contributed by atoms with E-state index in [4.69, 9.17) is 4.74 Å². The molecule has 0 aliphatic rings. The van der Waals surface area contributed by atoms with Gasteiger partial charge in [-0.1, -0.05) is 55.4 Å². The molecule has 0 saturated carbocycles. The van der Waals surface area contributed by atoms with Gasteiger partial charge in [-0.05, 0) is 23.7 Å². The average Bonchev–Trinajstić information content (AvgIpc) is 2.22. The molecule has 0 radical (unpaired) electrons. The van der Waals surface area contributed by atoms with Crippen LogP contribution in [0.25, 0.3) is 0 Å². The summed E-state index contributed by atoms with van der Waals surface area (Å²) < 4.78 is 5.72. The Balaban J connectivity index is 4.69. The van der Waals surface area contributed by atoms with Crippen molar-refractivity contribution in [2.24, 2.45) is 23.7 Å². The number of rotatable bonds is 7. The molecule has 0 aromatic carbocycles. The van der Waals surface area contributed by atoms with Gasteiger partial charge in [0.15, 0.2) is 0 Å². The molecule has 0 unspecified atom stereocenters. The smallest absolute Gasteiger partial charge is 0.410 e. The number of nitrogens with zero attached hydrogens (tertiary/aromatic N) is 1. The van der Waals surface area contributed by atoms with Crippen LogP contribution >= 0.6 is 0 Å². The summed E-state index contributed by atoms with van der Waals surface area (Å²) in [5.74, 6) is 1.62. The summed E-state index contributed by atoms with van der Waals surface area (Å²) in [6, 6.07) is 0.